The van der Waals surface area contributed by atoms with Crippen LogP contribution < -0.4 is 5.32 Å². The molecule has 0 saturated carbocycles. The van der Waals surface area contributed by atoms with Gasteiger partial charge in [-0.15, -0.1) is 0 Å². The van der Waals surface area contributed by atoms with Gasteiger partial charge >= 0.3 is 5.97 Å². The Balaban J connectivity index is 2.20. The second-order valence-electron chi connectivity index (χ2n) is 5.21. The molecule has 0 amide bonds. The monoisotopic (exact) mass is 395 g/mol. The largest absolute Gasteiger partial charge is 0.462 e. The number of benzene rings is 2. The summed E-state index contributed by atoms with van der Waals surface area (Å²) in [7, 11) is 0. The Hall–Kier alpha value is -2.91. The SMILES string of the molecule is CCOC(=O)c1cnc2c(C#N)cccc2c1Nc1ccc(Br)cc1. The molecule has 0 aliphatic heterocycles. The van der Waals surface area contributed by atoms with Gasteiger partial charge < -0.3 is 10.1 Å². The van der Waals surface area contributed by atoms with Gasteiger partial charge in [-0.3, -0.25) is 4.98 Å². The van der Waals surface area contributed by atoms with Gasteiger partial charge in [0.15, 0.2) is 0 Å². The van der Waals surface area contributed by atoms with E-state index in [1.165, 1.54) is 6.20 Å². The van der Waals surface area contributed by atoms with Gasteiger partial charge in [0.05, 0.1) is 23.4 Å². The number of anilines is 2. The molecule has 0 spiro atoms. The van der Waals surface area contributed by atoms with Crippen molar-refractivity contribution in [3.63, 3.8) is 0 Å². The number of carbonyl (C=O) groups excluding carboxylic acids is 1. The fourth-order valence-corrected chi connectivity index (χ4v) is 2.75. The van der Waals surface area contributed by atoms with Crippen LogP contribution in [-0.4, -0.2) is 17.6 Å². The van der Waals surface area contributed by atoms with Crippen LogP contribution in [0.1, 0.15) is 22.8 Å². The highest BCUT2D eigenvalue weighted by Crippen LogP contribution is 2.31. The lowest BCUT2D eigenvalue weighted by Crippen LogP contribution is -2.09. The third-order valence-corrected chi connectivity index (χ3v) is 4.16. The van der Waals surface area contributed by atoms with Crippen molar-refractivity contribution < 1.29 is 9.53 Å². The second kappa shape index (κ2) is 7.32. The first-order chi connectivity index (χ1) is 12.1. The summed E-state index contributed by atoms with van der Waals surface area (Å²) < 4.78 is 6.09. The van der Waals surface area contributed by atoms with E-state index in [4.69, 9.17) is 4.74 Å². The quantitative estimate of drug-likeness (QED) is 0.642. The molecule has 1 heterocycles. The third kappa shape index (κ3) is 3.47. The number of aromatic nitrogens is 1. The molecule has 0 aliphatic carbocycles. The number of hydrogen-bond acceptors (Lipinski definition) is 5. The van der Waals surface area contributed by atoms with Crippen molar-refractivity contribution in [2.75, 3.05) is 11.9 Å². The number of pyridine rings is 1. The molecule has 5 nitrogen and oxygen atoms in total. The van der Waals surface area contributed by atoms with Gasteiger partial charge in [-0.05, 0) is 37.3 Å². The minimum atomic E-state index is -0.459. The van der Waals surface area contributed by atoms with Crippen LogP contribution in [0.2, 0.25) is 0 Å². The molecule has 0 radical (unpaired) electrons. The standard InChI is InChI=1S/C19H14BrN3O2/c1-2-25-19(24)16-11-22-17-12(10-21)4-3-5-15(17)18(16)23-14-8-6-13(20)7-9-14/h3-9,11H,2H2,1H3,(H,22,23). The molecule has 0 unspecified atom stereocenters. The van der Waals surface area contributed by atoms with E-state index in [9.17, 15) is 10.1 Å². The normalized spacial score (nSPS) is 10.3. The summed E-state index contributed by atoms with van der Waals surface area (Å²) in [5.74, 6) is -0.459. The van der Waals surface area contributed by atoms with Gasteiger partial charge in [0, 0.05) is 21.7 Å². The van der Waals surface area contributed by atoms with E-state index in [0.29, 0.717) is 27.7 Å². The summed E-state index contributed by atoms with van der Waals surface area (Å²) in [6.45, 7) is 2.02. The van der Waals surface area contributed by atoms with E-state index in [-0.39, 0.29) is 6.61 Å². The number of para-hydroxylation sites is 1. The van der Waals surface area contributed by atoms with Crippen LogP contribution in [0.3, 0.4) is 0 Å². The minimum absolute atomic E-state index is 0.271. The molecule has 3 rings (SSSR count). The number of hydrogen-bond donors (Lipinski definition) is 1. The first-order valence-corrected chi connectivity index (χ1v) is 8.45. The van der Waals surface area contributed by atoms with E-state index >= 15 is 0 Å². The van der Waals surface area contributed by atoms with Crippen molar-refractivity contribution in [3.8, 4) is 6.07 Å². The number of nitrogens with zero attached hydrogens (tertiary/aromatic N) is 2. The molecule has 1 N–H and O–H groups in total. The van der Waals surface area contributed by atoms with Crippen LogP contribution in [-0.2, 0) is 4.74 Å². The first-order valence-electron chi connectivity index (χ1n) is 7.65. The third-order valence-electron chi connectivity index (χ3n) is 3.63. The highest BCUT2D eigenvalue weighted by molar-refractivity contribution is 9.10. The lowest BCUT2D eigenvalue weighted by molar-refractivity contribution is 0.0527. The summed E-state index contributed by atoms with van der Waals surface area (Å²) in [6, 6.07) is 15.0. The van der Waals surface area contributed by atoms with Gasteiger partial charge in [0.1, 0.15) is 11.6 Å². The fraction of sp³-hybridized carbons (Fsp3) is 0.105. The number of nitriles is 1. The zero-order valence-electron chi connectivity index (χ0n) is 13.4. The predicted molar refractivity (Wildman–Crippen MR) is 99.8 cm³/mol. The predicted octanol–water partition coefficient (Wildman–Crippen LogP) is 4.79. The van der Waals surface area contributed by atoms with Crippen molar-refractivity contribution in [1.29, 1.82) is 5.26 Å². The van der Waals surface area contributed by atoms with Crippen molar-refractivity contribution in [3.05, 3.63) is 64.3 Å². The van der Waals surface area contributed by atoms with E-state index < -0.39 is 5.97 Å². The van der Waals surface area contributed by atoms with Crippen LogP contribution in [0.4, 0.5) is 11.4 Å². The summed E-state index contributed by atoms with van der Waals surface area (Å²) in [5.41, 5.74) is 2.70. The molecule has 1 aromatic heterocycles. The highest BCUT2D eigenvalue weighted by Gasteiger charge is 2.18. The zero-order valence-corrected chi connectivity index (χ0v) is 15.0. The Morgan fingerprint density at radius 2 is 2.04 bits per heavy atom. The Bertz CT molecular complexity index is 978. The summed E-state index contributed by atoms with van der Waals surface area (Å²) in [4.78, 5) is 16.6. The van der Waals surface area contributed by atoms with Gasteiger partial charge in [-0.1, -0.05) is 28.1 Å². The van der Waals surface area contributed by atoms with Crippen LogP contribution in [0, 0.1) is 11.3 Å². The van der Waals surface area contributed by atoms with Crippen molar-refractivity contribution >= 4 is 44.2 Å². The number of esters is 1. The smallest absolute Gasteiger partial charge is 0.341 e. The maximum absolute atomic E-state index is 12.3. The van der Waals surface area contributed by atoms with Gasteiger partial charge in [0.25, 0.3) is 0 Å². The van der Waals surface area contributed by atoms with Crippen LogP contribution in [0.25, 0.3) is 10.9 Å². The molecule has 0 saturated heterocycles. The summed E-state index contributed by atoms with van der Waals surface area (Å²) in [5, 5.41) is 13.3. The second-order valence-corrected chi connectivity index (χ2v) is 6.13. The number of rotatable bonds is 4. The Morgan fingerprint density at radius 3 is 2.72 bits per heavy atom. The molecular weight excluding hydrogens is 382 g/mol. The fourth-order valence-electron chi connectivity index (χ4n) is 2.49. The first kappa shape index (κ1) is 16.9. The number of halogens is 1. The molecular formula is C19H14BrN3O2. The van der Waals surface area contributed by atoms with E-state index in [1.807, 2.05) is 30.3 Å². The molecule has 0 bridgehead atoms. The van der Waals surface area contributed by atoms with Crippen molar-refractivity contribution in [2.45, 2.75) is 6.92 Å². The maximum atomic E-state index is 12.3. The molecule has 25 heavy (non-hydrogen) atoms. The number of nitrogens with one attached hydrogen (secondary N) is 1. The zero-order chi connectivity index (χ0) is 17.8. The average molecular weight is 396 g/mol. The minimum Gasteiger partial charge on any atom is -0.462 e. The molecule has 0 aliphatic rings. The summed E-state index contributed by atoms with van der Waals surface area (Å²) in [6.07, 6.45) is 1.45. The van der Waals surface area contributed by atoms with Crippen LogP contribution in [0.15, 0.2) is 53.1 Å². The van der Waals surface area contributed by atoms with E-state index in [0.717, 1.165) is 10.2 Å². The van der Waals surface area contributed by atoms with E-state index in [1.54, 1.807) is 19.1 Å². The summed E-state index contributed by atoms with van der Waals surface area (Å²) >= 11 is 3.40. The van der Waals surface area contributed by atoms with Crippen molar-refractivity contribution in [2.24, 2.45) is 0 Å². The highest BCUT2D eigenvalue weighted by atomic mass is 79.9. The van der Waals surface area contributed by atoms with E-state index in [2.05, 4.69) is 32.3 Å². The molecule has 0 atom stereocenters. The molecule has 2 aromatic carbocycles. The topological polar surface area (TPSA) is 75.0 Å². The average Bonchev–Trinajstić information content (AvgIpc) is 2.63. The maximum Gasteiger partial charge on any atom is 0.341 e. The Morgan fingerprint density at radius 1 is 1.28 bits per heavy atom. The van der Waals surface area contributed by atoms with Crippen molar-refractivity contribution in [1.82, 2.24) is 4.98 Å². The van der Waals surface area contributed by atoms with Crippen LogP contribution in [0.5, 0.6) is 0 Å². The lowest BCUT2D eigenvalue weighted by atomic mass is 10.1. The Labute approximate surface area is 153 Å². The molecule has 3 aromatic rings. The number of ether oxygens (including phenoxy) is 1. The van der Waals surface area contributed by atoms with Crippen LogP contribution >= 0.6 is 15.9 Å². The van der Waals surface area contributed by atoms with Gasteiger partial charge in [-0.25, -0.2) is 4.79 Å². The number of fused-ring (bicyclic) bond motifs is 1. The van der Waals surface area contributed by atoms with Gasteiger partial charge in [0.2, 0.25) is 0 Å². The number of carbonyl (C=O) groups is 1. The molecule has 6 heteroatoms. The Kier molecular flexibility index (Phi) is 4.96. The lowest BCUT2D eigenvalue weighted by Gasteiger charge is -2.14. The molecule has 124 valence electrons. The molecule has 0 fully saturated rings. The van der Waals surface area contributed by atoms with Gasteiger partial charge in [-0.2, -0.15) is 5.26 Å².